The Kier molecular flexibility index (Phi) is 10.2. The van der Waals surface area contributed by atoms with Crippen molar-refractivity contribution < 1.29 is 12.6 Å². The Bertz CT molecular complexity index is 708. The van der Waals surface area contributed by atoms with Crippen LogP contribution in [-0.2, 0) is 14.3 Å². The molecule has 0 aliphatic heterocycles. The van der Waals surface area contributed by atoms with Crippen LogP contribution in [0.5, 0.6) is 0 Å². The molecule has 128 valence electrons. The van der Waals surface area contributed by atoms with Gasteiger partial charge in [0, 0.05) is 5.39 Å². The van der Waals surface area contributed by atoms with E-state index in [1.165, 1.54) is 25.7 Å². The standard InChI is InChI=1S/C19H26O3S.Na.H/c1-2-3-4-5-6-7-10-16-22-23(20,21)19-15-11-13-17-12-8-9-14-18(17)19;;/h8-9,11-15H,2-7,10,16H2,1H3;;. The van der Waals surface area contributed by atoms with E-state index in [2.05, 4.69) is 6.92 Å². The van der Waals surface area contributed by atoms with E-state index in [9.17, 15) is 8.42 Å². The average molecular weight is 358 g/mol. The van der Waals surface area contributed by atoms with Gasteiger partial charge in [0.25, 0.3) is 10.1 Å². The molecule has 2 rings (SSSR count). The van der Waals surface area contributed by atoms with Gasteiger partial charge in [-0.05, 0) is 17.9 Å². The number of unbranched alkanes of at least 4 members (excludes halogenated alkanes) is 6. The monoisotopic (exact) mass is 358 g/mol. The first-order chi connectivity index (χ1) is 11.1. The Balaban J connectivity index is 0.00000288. The van der Waals surface area contributed by atoms with Crippen LogP contribution in [0, 0.1) is 0 Å². The van der Waals surface area contributed by atoms with E-state index < -0.39 is 10.1 Å². The van der Waals surface area contributed by atoms with E-state index in [0.29, 0.717) is 0 Å². The molecule has 0 fully saturated rings. The van der Waals surface area contributed by atoms with E-state index in [0.717, 1.165) is 30.0 Å². The predicted octanol–water partition coefficient (Wildman–Crippen LogP) is 4.65. The molecule has 2 aromatic rings. The van der Waals surface area contributed by atoms with E-state index in [-0.39, 0.29) is 41.1 Å². The molecular weight excluding hydrogens is 331 g/mol. The third-order valence-corrected chi connectivity index (χ3v) is 5.38. The van der Waals surface area contributed by atoms with Crippen molar-refractivity contribution in [3.05, 3.63) is 42.5 Å². The molecule has 0 bridgehead atoms. The average Bonchev–Trinajstić information content (AvgIpc) is 2.56. The molecule has 5 heteroatoms. The van der Waals surface area contributed by atoms with Crippen LogP contribution < -0.4 is 0 Å². The third kappa shape index (κ3) is 6.49. The van der Waals surface area contributed by atoms with Crippen molar-refractivity contribution in [3.63, 3.8) is 0 Å². The van der Waals surface area contributed by atoms with Crippen LogP contribution in [0.1, 0.15) is 51.9 Å². The number of fused-ring (bicyclic) bond motifs is 1. The van der Waals surface area contributed by atoms with Crippen molar-refractivity contribution in [3.8, 4) is 0 Å². The Morgan fingerprint density at radius 2 is 1.46 bits per heavy atom. The molecule has 0 saturated heterocycles. The molecule has 0 amide bonds. The second-order valence-electron chi connectivity index (χ2n) is 5.87. The fraction of sp³-hybridized carbons (Fsp3) is 0.474. The molecule has 0 N–H and O–H groups in total. The molecule has 0 atom stereocenters. The van der Waals surface area contributed by atoms with Crippen molar-refractivity contribution in [1.29, 1.82) is 0 Å². The molecule has 0 saturated carbocycles. The van der Waals surface area contributed by atoms with Crippen molar-refractivity contribution in [2.75, 3.05) is 6.61 Å². The SMILES string of the molecule is CCCCCCCCCOS(=O)(=O)c1cccc2ccccc12.[NaH]. The van der Waals surface area contributed by atoms with Gasteiger partial charge >= 0.3 is 29.6 Å². The van der Waals surface area contributed by atoms with Crippen LogP contribution in [0.2, 0.25) is 0 Å². The van der Waals surface area contributed by atoms with Gasteiger partial charge < -0.3 is 0 Å². The second kappa shape index (κ2) is 11.3. The van der Waals surface area contributed by atoms with E-state index in [1.807, 2.05) is 30.3 Å². The van der Waals surface area contributed by atoms with E-state index in [4.69, 9.17) is 4.18 Å². The zero-order valence-electron chi connectivity index (χ0n) is 13.8. The van der Waals surface area contributed by atoms with Crippen molar-refractivity contribution in [2.24, 2.45) is 0 Å². The molecule has 0 unspecified atom stereocenters. The minimum absolute atomic E-state index is 0. The third-order valence-electron chi connectivity index (χ3n) is 4.01. The Morgan fingerprint density at radius 3 is 2.21 bits per heavy atom. The molecule has 0 radical (unpaired) electrons. The first kappa shape index (κ1) is 21.7. The minimum atomic E-state index is -3.69. The van der Waals surface area contributed by atoms with Gasteiger partial charge in [0.05, 0.1) is 6.61 Å². The fourth-order valence-corrected chi connectivity index (χ4v) is 3.87. The summed E-state index contributed by atoms with van der Waals surface area (Å²) in [6, 6.07) is 12.7. The quantitative estimate of drug-likeness (QED) is 0.353. The Hall–Kier alpha value is -0.390. The molecule has 0 aliphatic rings. The number of hydrogen-bond acceptors (Lipinski definition) is 3. The molecular formula is C19H27NaO3S. The predicted molar refractivity (Wildman–Crippen MR) is 102 cm³/mol. The first-order valence-electron chi connectivity index (χ1n) is 8.52. The zero-order valence-corrected chi connectivity index (χ0v) is 14.6. The van der Waals surface area contributed by atoms with Crippen LogP contribution in [0.15, 0.2) is 47.4 Å². The van der Waals surface area contributed by atoms with Crippen molar-refractivity contribution in [1.82, 2.24) is 0 Å². The summed E-state index contributed by atoms with van der Waals surface area (Å²) in [4.78, 5) is 0.263. The molecule has 0 spiro atoms. The van der Waals surface area contributed by atoms with Crippen LogP contribution in [0.25, 0.3) is 10.8 Å². The van der Waals surface area contributed by atoms with Gasteiger partial charge in [0.1, 0.15) is 4.90 Å². The van der Waals surface area contributed by atoms with Crippen LogP contribution in [0.3, 0.4) is 0 Å². The van der Waals surface area contributed by atoms with Gasteiger partial charge in [-0.15, -0.1) is 0 Å². The first-order valence-corrected chi connectivity index (χ1v) is 9.93. The summed E-state index contributed by atoms with van der Waals surface area (Å²) in [5.41, 5.74) is 0. The number of rotatable bonds is 10. The maximum atomic E-state index is 12.4. The van der Waals surface area contributed by atoms with Gasteiger partial charge in [-0.2, -0.15) is 8.42 Å². The van der Waals surface area contributed by atoms with Gasteiger partial charge in [0.2, 0.25) is 0 Å². The summed E-state index contributed by atoms with van der Waals surface area (Å²) >= 11 is 0. The summed E-state index contributed by atoms with van der Waals surface area (Å²) < 4.78 is 30.0. The van der Waals surface area contributed by atoms with E-state index in [1.54, 1.807) is 12.1 Å². The summed E-state index contributed by atoms with van der Waals surface area (Å²) in [7, 11) is -3.69. The van der Waals surface area contributed by atoms with Crippen LogP contribution in [0.4, 0.5) is 0 Å². The topological polar surface area (TPSA) is 43.4 Å². The summed E-state index contributed by atoms with van der Waals surface area (Å²) in [5, 5.41) is 1.63. The van der Waals surface area contributed by atoms with Gasteiger partial charge in [-0.3, -0.25) is 4.18 Å². The van der Waals surface area contributed by atoms with Crippen molar-refractivity contribution in [2.45, 2.75) is 56.8 Å². The molecule has 24 heavy (non-hydrogen) atoms. The van der Waals surface area contributed by atoms with Gasteiger partial charge in [-0.25, -0.2) is 0 Å². The molecule has 2 aromatic carbocycles. The summed E-state index contributed by atoms with van der Waals surface area (Å²) in [5.74, 6) is 0. The molecule has 0 heterocycles. The number of benzene rings is 2. The second-order valence-corrected chi connectivity index (χ2v) is 7.46. The molecule has 0 aliphatic carbocycles. The van der Waals surface area contributed by atoms with Gasteiger partial charge in [0.15, 0.2) is 0 Å². The number of hydrogen-bond donors (Lipinski definition) is 0. The Labute approximate surface area is 168 Å². The van der Waals surface area contributed by atoms with Crippen LogP contribution >= 0.6 is 0 Å². The van der Waals surface area contributed by atoms with Crippen molar-refractivity contribution >= 4 is 50.4 Å². The zero-order chi connectivity index (χ0) is 16.5. The fourth-order valence-electron chi connectivity index (χ4n) is 2.70. The normalized spacial score (nSPS) is 11.4. The van der Waals surface area contributed by atoms with Crippen LogP contribution in [-0.4, -0.2) is 44.6 Å². The van der Waals surface area contributed by atoms with E-state index >= 15 is 0 Å². The summed E-state index contributed by atoms with van der Waals surface area (Å²) in [6.07, 6.45) is 7.98. The maximum absolute atomic E-state index is 12.4. The Morgan fingerprint density at radius 1 is 0.833 bits per heavy atom. The molecule has 0 aromatic heterocycles. The molecule has 3 nitrogen and oxygen atoms in total. The summed E-state index contributed by atoms with van der Waals surface area (Å²) in [6.45, 7) is 2.46. The van der Waals surface area contributed by atoms with Gasteiger partial charge in [-0.1, -0.05) is 81.8 Å².